The van der Waals surface area contributed by atoms with Gasteiger partial charge in [-0.25, -0.2) is 0 Å². The lowest BCUT2D eigenvalue weighted by atomic mass is 10.0. The standard InChI is InChI=1S/C16H22O3/c1-18-16-8-2-5-13(12-16)11-14(17)6-3-7-15-9-4-10-19-15/h2,5,8,12,15H,3-4,6-7,9-11H2,1H3. The molecule has 0 aliphatic carbocycles. The van der Waals surface area contributed by atoms with E-state index in [1.54, 1.807) is 7.11 Å². The zero-order chi connectivity index (χ0) is 13.5. The summed E-state index contributed by atoms with van der Waals surface area (Å²) in [6.45, 7) is 0.891. The van der Waals surface area contributed by atoms with Gasteiger partial charge in [0.05, 0.1) is 13.2 Å². The molecule has 0 aromatic heterocycles. The first kappa shape index (κ1) is 14.1. The fourth-order valence-electron chi connectivity index (χ4n) is 2.50. The van der Waals surface area contributed by atoms with Crippen molar-refractivity contribution in [1.82, 2.24) is 0 Å². The van der Waals surface area contributed by atoms with Gasteiger partial charge < -0.3 is 9.47 Å². The Labute approximate surface area is 114 Å². The largest absolute Gasteiger partial charge is 0.497 e. The zero-order valence-electron chi connectivity index (χ0n) is 11.6. The third-order valence-corrected chi connectivity index (χ3v) is 3.54. The molecule has 104 valence electrons. The lowest BCUT2D eigenvalue weighted by molar-refractivity contribution is -0.118. The molecule has 1 saturated heterocycles. The molecule has 1 aliphatic heterocycles. The highest BCUT2D eigenvalue weighted by Crippen LogP contribution is 2.18. The Balaban J connectivity index is 1.70. The lowest BCUT2D eigenvalue weighted by Crippen LogP contribution is -2.07. The molecule has 19 heavy (non-hydrogen) atoms. The van der Waals surface area contributed by atoms with Crippen molar-refractivity contribution in [1.29, 1.82) is 0 Å². The summed E-state index contributed by atoms with van der Waals surface area (Å²) in [6.07, 6.45) is 5.83. The highest BCUT2D eigenvalue weighted by atomic mass is 16.5. The predicted octanol–water partition coefficient (Wildman–Crippen LogP) is 3.16. The summed E-state index contributed by atoms with van der Waals surface area (Å²) in [5.74, 6) is 1.11. The van der Waals surface area contributed by atoms with Crippen molar-refractivity contribution in [2.24, 2.45) is 0 Å². The Bertz CT molecular complexity index is 408. The van der Waals surface area contributed by atoms with Crippen LogP contribution >= 0.6 is 0 Å². The molecular weight excluding hydrogens is 240 g/mol. The number of ether oxygens (including phenoxy) is 2. The Morgan fingerprint density at radius 1 is 1.47 bits per heavy atom. The molecule has 0 saturated carbocycles. The van der Waals surface area contributed by atoms with Gasteiger partial charge in [0, 0.05) is 19.4 Å². The maximum atomic E-state index is 11.9. The highest BCUT2D eigenvalue weighted by molar-refractivity contribution is 5.80. The average molecular weight is 262 g/mol. The van der Waals surface area contributed by atoms with Crippen LogP contribution in [0.5, 0.6) is 5.75 Å². The second kappa shape index (κ2) is 7.29. The molecule has 1 heterocycles. The zero-order valence-corrected chi connectivity index (χ0v) is 11.6. The van der Waals surface area contributed by atoms with E-state index >= 15 is 0 Å². The smallest absolute Gasteiger partial charge is 0.137 e. The second-order valence-corrected chi connectivity index (χ2v) is 5.09. The summed E-state index contributed by atoms with van der Waals surface area (Å²) in [6, 6.07) is 7.72. The molecule has 3 heteroatoms. The van der Waals surface area contributed by atoms with Gasteiger partial charge in [-0.2, -0.15) is 0 Å². The van der Waals surface area contributed by atoms with Crippen molar-refractivity contribution >= 4 is 5.78 Å². The Kier molecular flexibility index (Phi) is 5.40. The Hall–Kier alpha value is -1.35. The molecule has 3 nitrogen and oxygen atoms in total. The number of hydrogen-bond donors (Lipinski definition) is 0. The van der Waals surface area contributed by atoms with Gasteiger partial charge in [-0.1, -0.05) is 12.1 Å². The fourth-order valence-corrected chi connectivity index (χ4v) is 2.50. The summed E-state index contributed by atoms with van der Waals surface area (Å²) in [5, 5.41) is 0. The number of hydrogen-bond acceptors (Lipinski definition) is 3. The first-order valence-corrected chi connectivity index (χ1v) is 7.04. The maximum Gasteiger partial charge on any atom is 0.137 e. The van der Waals surface area contributed by atoms with Crippen LogP contribution in [-0.4, -0.2) is 25.6 Å². The van der Waals surface area contributed by atoms with Crippen LogP contribution in [0.1, 0.15) is 37.7 Å². The quantitative estimate of drug-likeness (QED) is 0.757. The molecule has 1 aromatic carbocycles. The number of carbonyl (C=O) groups excluding carboxylic acids is 1. The van der Waals surface area contributed by atoms with E-state index in [2.05, 4.69) is 0 Å². The van der Waals surface area contributed by atoms with Crippen LogP contribution < -0.4 is 4.74 Å². The van der Waals surface area contributed by atoms with Crippen molar-refractivity contribution in [3.8, 4) is 5.75 Å². The van der Waals surface area contributed by atoms with Gasteiger partial charge in [-0.15, -0.1) is 0 Å². The van der Waals surface area contributed by atoms with Crippen LogP contribution in [0.3, 0.4) is 0 Å². The van der Waals surface area contributed by atoms with Crippen molar-refractivity contribution in [3.63, 3.8) is 0 Å². The van der Waals surface area contributed by atoms with E-state index in [4.69, 9.17) is 9.47 Å². The summed E-state index contributed by atoms with van der Waals surface area (Å²) in [4.78, 5) is 11.9. The topological polar surface area (TPSA) is 35.5 Å². The van der Waals surface area contributed by atoms with Crippen molar-refractivity contribution in [3.05, 3.63) is 29.8 Å². The minimum atomic E-state index is 0.297. The minimum Gasteiger partial charge on any atom is -0.497 e. The van der Waals surface area contributed by atoms with E-state index in [0.29, 0.717) is 24.7 Å². The van der Waals surface area contributed by atoms with Crippen LogP contribution in [0.15, 0.2) is 24.3 Å². The van der Waals surface area contributed by atoms with Gasteiger partial charge in [0.15, 0.2) is 0 Å². The fraction of sp³-hybridized carbons (Fsp3) is 0.562. The van der Waals surface area contributed by atoms with E-state index in [1.165, 1.54) is 6.42 Å². The number of ketones is 1. The van der Waals surface area contributed by atoms with Gasteiger partial charge in [-0.3, -0.25) is 4.79 Å². The van der Waals surface area contributed by atoms with Gasteiger partial charge in [0.2, 0.25) is 0 Å². The number of Topliss-reactive ketones (excluding diaryl/α,β-unsaturated/α-hetero) is 1. The van der Waals surface area contributed by atoms with Crippen molar-refractivity contribution in [2.45, 2.75) is 44.6 Å². The van der Waals surface area contributed by atoms with E-state index in [9.17, 15) is 4.79 Å². The van der Waals surface area contributed by atoms with Crippen LogP contribution in [0.2, 0.25) is 0 Å². The highest BCUT2D eigenvalue weighted by Gasteiger charge is 2.15. The Morgan fingerprint density at radius 3 is 3.11 bits per heavy atom. The predicted molar refractivity (Wildman–Crippen MR) is 74.5 cm³/mol. The molecule has 0 N–H and O–H groups in total. The van der Waals surface area contributed by atoms with Crippen LogP contribution in [-0.2, 0) is 16.0 Å². The van der Waals surface area contributed by atoms with Gasteiger partial charge in [-0.05, 0) is 43.4 Å². The molecule has 0 radical (unpaired) electrons. The van der Waals surface area contributed by atoms with Gasteiger partial charge in [0.1, 0.15) is 11.5 Å². The minimum absolute atomic E-state index is 0.297. The van der Waals surface area contributed by atoms with Crippen LogP contribution in [0.25, 0.3) is 0 Å². The van der Waals surface area contributed by atoms with E-state index in [1.807, 2.05) is 24.3 Å². The summed E-state index contributed by atoms with van der Waals surface area (Å²) in [5.41, 5.74) is 1.03. The second-order valence-electron chi connectivity index (χ2n) is 5.09. The van der Waals surface area contributed by atoms with Crippen molar-refractivity contribution < 1.29 is 14.3 Å². The molecule has 2 rings (SSSR count). The molecule has 0 bridgehead atoms. The average Bonchev–Trinajstić information content (AvgIpc) is 2.92. The first-order valence-electron chi connectivity index (χ1n) is 7.04. The first-order chi connectivity index (χ1) is 9.28. The summed E-state index contributed by atoms with van der Waals surface area (Å²) >= 11 is 0. The molecule has 1 aromatic rings. The molecule has 1 atom stereocenters. The summed E-state index contributed by atoms with van der Waals surface area (Å²) in [7, 11) is 1.64. The lowest BCUT2D eigenvalue weighted by Gasteiger charge is -2.08. The maximum absolute atomic E-state index is 11.9. The third kappa shape index (κ3) is 4.67. The molecule has 1 unspecified atom stereocenters. The summed E-state index contributed by atoms with van der Waals surface area (Å²) < 4.78 is 10.7. The molecule has 0 spiro atoms. The third-order valence-electron chi connectivity index (χ3n) is 3.54. The van der Waals surface area contributed by atoms with Crippen molar-refractivity contribution in [2.75, 3.05) is 13.7 Å². The molecular formula is C16H22O3. The normalized spacial score (nSPS) is 18.5. The number of carbonyl (C=O) groups is 1. The van der Waals surface area contributed by atoms with Crippen LogP contribution in [0.4, 0.5) is 0 Å². The van der Waals surface area contributed by atoms with Gasteiger partial charge >= 0.3 is 0 Å². The van der Waals surface area contributed by atoms with Gasteiger partial charge in [0.25, 0.3) is 0 Å². The molecule has 1 aliphatic rings. The van der Waals surface area contributed by atoms with E-state index < -0.39 is 0 Å². The SMILES string of the molecule is COc1cccc(CC(=O)CCCC2CCCO2)c1. The van der Waals surface area contributed by atoms with E-state index in [0.717, 1.165) is 37.2 Å². The monoisotopic (exact) mass is 262 g/mol. The molecule has 0 amide bonds. The number of methoxy groups -OCH3 is 1. The van der Waals surface area contributed by atoms with Crippen LogP contribution in [0, 0.1) is 0 Å². The number of rotatable bonds is 7. The number of benzene rings is 1. The Morgan fingerprint density at radius 2 is 2.37 bits per heavy atom. The van der Waals surface area contributed by atoms with E-state index in [-0.39, 0.29) is 0 Å². The molecule has 1 fully saturated rings.